The van der Waals surface area contributed by atoms with E-state index in [1.807, 2.05) is 0 Å². The van der Waals surface area contributed by atoms with Gasteiger partial charge in [0, 0.05) is 26.2 Å². The number of nitro groups is 1. The van der Waals surface area contributed by atoms with Crippen LogP contribution in [-0.2, 0) is 0 Å². The molecule has 18 heavy (non-hydrogen) atoms. The van der Waals surface area contributed by atoms with Crippen molar-refractivity contribution in [1.29, 1.82) is 0 Å². The highest BCUT2D eigenvalue weighted by molar-refractivity contribution is 5.69. The number of anilines is 1. The van der Waals surface area contributed by atoms with Crippen LogP contribution in [-0.4, -0.2) is 39.3 Å². The first kappa shape index (κ1) is 14.0. The van der Waals surface area contributed by atoms with Crippen LogP contribution in [0.4, 0.5) is 11.4 Å². The minimum Gasteiger partial charge on any atom is -0.493 e. The van der Waals surface area contributed by atoms with Gasteiger partial charge in [-0.3, -0.25) is 10.1 Å². The third kappa shape index (κ3) is 2.80. The molecule has 1 aromatic carbocycles. The van der Waals surface area contributed by atoms with Crippen molar-refractivity contribution in [2.45, 2.75) is 0 Å². The molecular formula is C11H17N3O4. The maximum absolute atomic E-state index is 11.0. The number of benzene rings is 1. The third-order valence-corrected chi connectivity index (χ3v) is 2.55. The minimum atomic E-state index is -0.454. The second-order valence-electron chi connectivity index (χ2n) is 3.66. The van der Waals surface area contributed by atoms with Gasteiger partial charge >= 0.3 is 0 Å². The van der Waals surface area contributed by atoms with Crippen LogP contribution in [0.25, 0.3) is 0 Å². The molecule has 0 saturated carbocycles. The highest BCUT2D eigenvalue weighted by atomic mass is 16.6. The van der Waals surface area contributed by atoms with Crippen LogP contribution in [0.3, 0.4) is 0 Å². The van der Waals surface area contributed by atoms with E-state index in [4.69, 9.17) is 15.2 Å². The van der Waals surface area contributed by atoms with Crippen molar-refractivity contribution in [3.63, 3.8) is 0 Å². The predicted octanol–water partition coefficient (Wildman–Crippen LogP) is 1.01. The molecule has 2 N–H and O–H groups in total. The summed E-state index contributed by atoms with van der Waals surface area (Å²) in [5.41, 5.74) is 5.86. The van der Waals surface area contributed by atoms with Crippen molar-refractivity contribution in [3.8, 4) is 11.5 Å². The molecule has 7 nitrogen and oxygen atoms in total. The van der Waals surface area contributed by atoms with E-state index in [1.54, 1.807) is 18.0 Å². The molecule has 0 heterocycles. The molecule has 0 unspecified atom stereocenters. The quantitative estimate of drug-likeness (QED) is 0.602. The number of nitrogens with zero attached hydrogens (tertiary/aromatic N) is 2. The zero-order chi connectivity index (χ0) is 13.7. The van der Waals surface area contributed by atoms with E-state index in [0.717, 1.165) is 0 Å². The van der Waals surface area contributed by atoms with Gasteiger partial charge in [-0.1, -0.05) is 0 Å². The third-order valence-electron chi connectivity index (χ3n) is 2.55. The number of likely N-dealkylation sites (N-methyl/N-ethyl adjacent to an activating group) is 1. The second-order valence-corrected chi connectivity index (χ2v) is 3.66. The number of ether oxygens (including phenoxy) is 2. The Bertz CT molecular complexity index is 437. The molecule has 1 rings (SSSR count). The topological polar surface area (TPSA) is 90.9 Å². The van der Waals surface area contributed by atoms with E-state index in [0.29, 0.717) is 30.3 Å². The maximum atomic E-state index is 11.0. The fourth-order valence-electron chi connectivity index (χ4n) is 1.62. The summed E-state index contributed by atoms with van der Waals surface area (Å²) < 4.78 is 10.2. The Morgan fingerprint density at radius 3 is 2.33 bits per heavy atom. The number of nitro benzene ring substituents is 1. The summed E-state index contributed by atoms with van der Waals surface area (Å²) in [6.07, 6.45) is 0. The van der Waals surface area contributed by atoms with Crippen molar-refractivity contribution in [1.82, 2.24) is 0 Å². The lowest BCUT2D eigenvalue weighted by Crippen LogP contribution is -2.25. The zero-order valence-corrected chi connectivity index (χ0v) is 10.7. The fourth-order valence-corrected chi connectivity index (χ4v) is 1.62. The van der Waals surface area contributed by atoms with Gasteiger partial charge in [0.15, 0.2) is 11.5 Å². The van der Waals surface area contributed by atoms with Gasteiger partial charge in [0.2, 0.25) is 0 Å². The van der Waals surface area contributed by atoms with Crippen molar-refractivity contribution in [3.05, 3.63) is 22.2 Å². The summed E-state index contributed by atoms with van der Waals surface area (Å²) in [5, 5.41) is 11.0. The first-order valence-electron chi connectivity index (χ1n) is 5.36. The Morgan fingerprint density at radius 1 is 1.33 bits per heavy atom. The highest BCUT2D eigenvalue weighted by Gasteiger charge is 2.21. The number of rotatable bonds is 6. The van der Waals surface area contributed by atoms with Crippen LogP contribution < -0.4 is 20.1 Å². The number of hydrogen-bond donors (Lipinski definition) is 1. The average Bonchev–Trinajstić information content (AvgIpc) is 2.37. The van der Waals surface area contributed by atoms with E-state index in [9.17, 15) is 10.1 Å². The number of hydrogen-bond acceptors (Lipinski definition) is 6. The molecule has 0 aromatic heterocycles. The molecule has 0 aliphatic heterocycles. The van der Waals surface area contributed by atoms with Gasteiger partial charge < -0.3 is 20.1 Å². The Balaban J connectivity index is 3.33. The lowest BCUT2D eigenvalue weighted by molar-refractivity contribution is -0.384. The van der Waals surface area contributed by atoms with Crippen LogP contribution in [0.2, 0.25) is 0 Å². The summed E-state index contributed by atoms with van der Waals surface area (Å²) in [5.74, 6) is 0.774. The number of methoxy groups -OCH3 is 2. The first-order chi connectivity index (χ1) is 8.54. The Labute approximate surface area is 105 Å². The Hall–Kier alpha value is -2.02. The maximum Gasteiger partial charge on any atom is 0.296 e. The molecule has 0 radical (unpaired) electrons. The number of nitrogens with two attached hydrogens (primary N) is 1. The highest BCUT2D eigenvalue weighted by Crippen LogP contribution is 2.38. The van der Waals surface area contributed by atoms with Crippen LogP contribution in [0.15, 0.2) is 12.1 Å². The molecular weight excluding hydrogens is 238 g/mol. The van der Waals surface area contributed by atoms with Crippen LogP contribution in [0, 0.1) is 10.1 Å². The zero-order valence-electron chi connectivity index (χ0n) is 10.7. The van der Waals surface area contributed by atoms with Crippen LogP contribution in [0.1, 0.15) is 0 Å². The second kappa shape index (κ2) is 6.06. The molecule has 1 aromatic rings. The Kier molecular flexibility index (Phi) is 4.73. The molecule has 0 amide bonds. The first-order valence-corrected chi connectivity index (χ1v) is 5.36. The van der Waals surface area contributed by atoms with Crippen LogP contribution in [0.5, 0.6) is 11.5 Å². The van der Waals surface area contributed by atoms with Crippen molar-refractivity contribution in [2.75, 3.05) is 39.3 Å². The summed E-state index contributed by atoms with van der Waals surface area (Å²) >= 11 is 0. The largest absolute Gasteiger partial charge is 0.493 e. The smallest absolute Gasteiger partial charge is 0.296 e. The van der Waals surface area contributed by atoms with Gasteiger partial charge in [0.1, 0.15) is 5.69 Å². The average molecular weight is 255 g/mol. The van der Waals surface area contributed by atoms with E-state index in [1.165, 1.54) is 20.3 Å². The lowest BCUT2D eigenvalue weighted by atomic mass is 10.2. The monoisotopic (exact) mass is 255 g/mol. The summed E-state index contributed by atoms with van der Waals surface area (Å²) in [7, 11) is 4.66. The SMILES string of the molecule is COc1cc(N(C)CCN)c([N+](=O)[O-])cc1OC. The summed E-state index contributed by atoms with van der Waals surface area (Å²) in [6, 6.07) is 2.92. The normalized spacial score (nSPS) is 10.0. The molecule has 100 valence electrons. The summed E-state index contributed by atoms with van der Waals surface area (Å²) in [4.78, 5) is 12.3. The van der Waals surface area contributed by atoms with Crippen molar-refractivity contribution < 1.29 is 14.4 Å². The molecule has 0 fully saturated rings. The van der Waals surface area contributed by atoms with Crippen LogP contribution >= 0.6 is 0 Å². The molecule has 0 bridgehead atoms. The van der Waals surface area contributed by atoms with Gasteiger partial charge in [0.25, 0.3) is 5.69 Å². The molecule has 0 aliphatic rings. The van der Waals surface area contributed by atoms with E-state index >= 15 is 0 Å². The van der Waals surface area contributed by atoms with E-state index in [2.05, 4.69) is 0 Å². The van der Waals surface area contributed by atoms with E-state index in [-0.39, 0.29) is 5.69 Å². The molecule has 0 saturated heterocycles. The minimum absolute atomic E-state index is 0.0383. The van der Waals surface area contributed by atoms with E-state index < -0.39 is 4.92 Å². The molecule has 7 heteroatoms. The molecule has 0 aliphatic carbocycles. The Morgan fingerprint density at radius 2 is 1.89 bits per heavy atom. The van der Waals surface area contributed by atoms with Crippen molar-refractivity contribution in [2.24, 2.45) is 5.73 Å². The van der Waals surface area contributed by atoms with Gasteiger partial charge in [-0.15, -0.1) is 0 Å². The van der Waals surface area contributed by atoms with Crippen molar-refractivity contribution >= 4 is 11.4 Å². The van der Waals surface area contributed by atoms with Gasteiger partial charge in [-0.25, -0.2) is 0 Å². The predicted molar refractivity (Wildman–Crippen MR) is 68.5 cm³/mol. The van der Waals surface area contributed by atoms with Gasteiger partial charge in [-0.05, 0) is 0 Å². The van der Waals surface area contributed by atoms with Gasteiger partial charge in [0.05, 0.1) is 25.2 Å². The standard InChI is InChI=1S/C11H17N3O4/c1-13(5-4-12)8-6-10(17-2)11(18-3)7-9(8)14(15)16/h6-7H,4-5,12H2,1-3H3. The fraction of sp³-hybridized carbons (Fsp3) is 0.455. The lowest BCUT2D eigenvalue weighted by Gasteiger charge is -2.19. The summed E-state index contributed by atoms with van der Waals surface area (Å²) in [6.45, 7) is 0.915. The molecule has 0 atom stereocenters. The van der Waals surface area contributed by atoms with Gasteiger partial charge in [-0.2, -0.15) is 0 Å². The molecule has 0 spiro atoms.